The third-order valence-corrected chi connectivity index (χ3v) is 1.61. The Morgan fingerprint density at radius 3 is 3.00 bits per heavy atom. The molecule has 6 nitrogen and oxygen atoms in total. The van der Waals surface area contributed by atoms with Gasteiger partial charge in [-0.25, -0.2) is 0 Å². The first-order valence-electron chi connectivity index (χ1n) is 3.80. The fraction of sp³-hybridized carbons (Fsp3) is 0.833. The summed E-state index contributed by atoms with van der Waals surface area (Å²) >= 11 is 0. The van der Waals surface area contributed by atoms with Crippen molar-refractivity contribution < 1.29 is 0 Å². The molecule has 0 saturated carbocycles. The van der Waals surface area contributed by atoms with E-state index in [4.69, 9.17) is 5.73 Å². The van der Waals surface area contributed by atoms with Crippen molar-refractivity contribution in [1.82, 2.24) is 10.6 Å². The molecule has 0 fully saturated rings. The third kappa shape index (κ3) is 2.24. The van der Waals surface area contributed by atoms with Gasteiger partial charge < -0.3 is 11.1 Å². The molecule has 4 N–H and O–H groups in total. The smallest absolute Gasteiger partial charge is 0.139 e. The predicted molar refractivity (Wildman–Crippen MR) is 46.6 cm³/mol. The largest absolute Gasteiger partial charge is 0.385 e. The van der Waals surface area contributed by atoms with Gasteiger partial charge in [-0.05, 0) is 19.2 Å². The Hall–Kier alpha value is -1.01. The molecule has 12 heavy (non-hydrogen) atoms. The van der Waals surface area contributed by atoms with E-state index in [0.29, 0.717) is 18.9 Å². The zero-order valence-corrected chi connectivity index (χ0v) is 7.33. The number of nitrogens with two attached hydrogens (primary N) is 1. The van der Waals surface area contributed by atoms with Crippen LogP contribution in [0.15, 0.2) is 15.4 Å². The molecular weight excluding hydrogens is 156 g/mol. The highest BCUT2D eigenvalue weighted by atomic mass is 15.4. The summed E-state index contributed by atoms with van der Waals surface area (Å²) in [6, 6.07) is 0. The number of nitrogens with one attached hydrogen (secondary N) is 2. The Morgan fingerprint density at radius 1 is 1.67 bits per heavy atom. The van der Waals surface area contributed by atoms with Crippen LogP contribution in [0.3, 0.4) is 0 Å². The summed E-state index contributed by atoms with van der Waals surface area (Å²) in [5.74, 6) is 0.510. The Balaban J connectivity index is 2.51. The highest BCUT2D eigenvalue weighted by Crippen LogP contribution is 2.15. The average molecular weight is 170 g/mol. The van der Waals surface area contributed by atoms with Gasteiger partial charge in [-0.3, -0.25) is 5.32 Å². The number of nitrogens with zero attached hydrogens (tertiary/aromatic N) is 3. The lowest BCUT2D eigenvalue weighted by atomic mass is 10.1. The van der Waals surface area contributed by atoms with Crippen molar-refractivity contribution in [1.29, 1.82) is 0 Å². The second-order valence-electron chi connectivity index (χ2n) is 2.94. The fourth-order valence-corrected chi connectivity index (χ4v) is 0.979. The summed E-state index contributed by atoms with van der Waals surface area (Å²) in [6.45, 7) is 2.60. The molecule has 1 unspecified atom stereocenters. The van der Waals surface area contributed by atoms with Gasteiger partial charge in [-0.1, -0.05) is 0 Å². The Morgan fingerprint density at radius 2 is 2.42 bits per heavy atom. The van der Waals surface area contributed by atoms with Crippen molar-refractivity contribution in [2.75, 3.05) is 13.7 Å². The summed E-state index contributed by atoms with van der Waals surface area (Å²) in [6.07, 6.45) is 0.595. The summed E-state index contributed by atoms with van der Waals surface area (Å²) in [5.41, 5.74) is 5.11. The normalized spacial score (nSPS) is 28.7. The van der Waals surface area contributed by atoms with Crippen LogP contribution in [0.25, 0.3) is 0 Å². The quantitative estimate of drug-likeness (QED) is 0.503. The van der Waals surface area contributed by atoms with Gasteiger partial charge in [0.1, 0.15) is 11.5 Å². The first-order valence-corrected chi connectivity index (χ1v) is 3.80. The van der Waals surface area contributed by atoms with Gasteiger partial charge in [-0.15, -0.1) is 10.2 Å². The maximum Gasteiger partial charge on any atom is 0.139 e. The van der Waals surface area contributed by atoms with E-state index in [-0.39, 0.29) is 0 Å². The van der Waals surface area contributed by atoms with Crippen molar-refractivity contribution in [3.8, 4) is 0 Å². The summed E-state index contributed by atoms with van der Waals surface area (Å²) in [4.78, 5) is 0. The first-order chi connectivity index (χ1) is 5.66. The van der Waals surface area contributed by atoms with Gasteiger partial charge in [0.15, 0.2) is 0 Å². The topological polar surface area (TPSA) is 87.2 Å². The van der Waals surface area contributed by atoms with Gasteiger partial charge in [0.25, 0.3) is 0 Å². The van der Waals surface area contributed by atoms with Crippen LogP contribution in [-0.2, 0) is 0 Å². The van der Waals surface area contributed by atoms with Gasteiger partial charge >= 0.3 is 0 Å². The standard InChI is InChI=1S/C6H14N6/c1-6(9-4-8-2)3-5(7)10-12-11-6/h8-9H,3-4H2,1-2H3,(H2,7,10,11). The van der Waals surface area contributed by atoms with E-state index in [1.54, 1.807) is 0 Å². The monoisotopic (exact) mass is 170 g/mol. The molecule has 1 aliphatic heterocycles. The number of hydrogen-bond acceptors (Lipinski definition) is 6. The van der Waals surface area contributed by atoms with E-state index < -0.39 is 5.66 Å². The van der Waals surface area contributed by atoms with Crippen LogP contribution in [0.2, 0.25) is 0 Å². The molecular formula is C6H14N6. The highest BCUT2D eigenvalue weighted by molar-refractivity contribution is 5.81. The molecule has 6 heteroatoms. The molecule has 0 bridgehead atoms. The molecule has 68 valence electrons. The maximum atomic E-state index is 5.52. The lowest BCUT2D eigenvalue weighted by Gasteiger charge is -2.25. The maximum absolute atomic E-state index is 5.52. The van der Waals surface area contributed by atoms with Crippen LogP contribution in [0.4, 0.5) is 0 Å². The molecule has 0 aromatic carbocycles. The van der Waals surface area contributed by atoms with Gasteiger partial charge in [0.2, 0.25) is 0 Å². The van der Waals surface area contributed by atoms with Crippen LogP contribution >= 0.6 is 0 Å². The Kier molecular flexibility index (Phi) is 2.72. The molecule has 0 aliphatic carbocycles. The fourth-order valence-electron chi connectivity index (χ4n) is 0.979. The van der Waals surface area contributed by atoms with E-state index in [2.05, 4.69) is 26.1 Å². The molecule has 1 rings (SSSR count). The first kappa shape index (κ1) is 9.08. The number of amidine groups is 1. The Bertz CT molecular complexity index is 210. The van der Waals surface area contributed by atoms with Crippen LogP contribution < -0.4 is 16.4 Å². The minimum Gasteiger partial charge on any atom is -0.385 e. The van der Waals surface area contributed by atoms with Crippen molar-refractivity contribution in [2.24, 2.45) is 21.2 Å². The van der Waals surface area contributed by atoms with Gasteiger partial charge in [-0.2, -0.15) is 0 Å². The van der Waals surface area contributed by atoms with Crippen LogP contribution in [0, 0.1) is 0 Å². The van der Waals surface area contributed by atoms with Gasteiger partial charge in [0.05, 0.1) is 0 Å². The van der Waals surface area contributed by atoms with Crippen molar-refractivity contribution in [3.05, 3.63) is 0 Å². The van der Waals surface area contributed by atoms with E-state index in [1.807, 2.05) is 14.0 Å². The zero-order valence-electron chi connectivity index (χ0n) is 7.33. The van der Waals surface area contributed by atoms with Crippen LogP contribution in [-0.4, -0.2) is 25.2 Å². The molecule has 0 aromatic heterocycles. The molecule has 1 heterocycles. The third-order valence-electron chi connectivity index (χ3n) is 1.61. The molecule has 0 radical (unpaired) electrons. The number of rotatable bonds is 3. The summed E-state index contributed by atoms with van der Waals surface area (Å²) in [5, 5.41) is 17.3. The zero-order chi connectivity index (χ0) is 9.03. The second kappa shape index (κ2) is 3.59. The van der Waals surface area contributed by atoms with Crippen molar-refractivity contribution >= 4 is 5.84 Å². The van der Waals surface area contributed by atoms with Crippen molar-refractivity contribution in [2.45, 2.75) is 19.0 Å². The van der Waals surface area contributed by atoms with Crippen LogP contribution in [0.5, 0.6) is 0 Å². The molecule has 0 amide bonds. The SMILES string of the molecule is CNCNC1(C)CC(N)=NN=N1. The summed E-state index contributed by atoms with van der Waals surface area (Å²) < 4.78 is 0. The lowest BCUT2D eigenvalue weighted by molar-refractivity contribution is 0.346. The van der Waals surface area contributed by atoms with E-state index in [1.165, 1.54) is 0 Å². The van der Waals surface area contributed by atoms with Crippen LogP contribution in [0.1, 0.15) is 13.3 Å². The predicted octanol–water partition coefficient (Wildman–Crippen LogP) is -0.403. The lowest BCUT2D eigenvalue weighted by Crippen LogP contribution is -2.47. The minimum atomic E-state index is -0.408. The van der Waals surface area contributed by atoms with Crippen molar-refractivity contribution in [3.63, 3.8) is 0 Å². The minimum absolute atomic E-state index is 0.408. The van der Waals surface area contributed by atoms with E-state index in [0.717, 1.165) is 0 Å². The molecule has 0 aromatic rings. The van der Waals surface area contributed by atoms with Gasteiger partial charge in [0, 0.05) is 13.1 Å². The van der Waals surface area contributed by atoms with E-state index >= 15 is 0 Å². The Labute approximate surface area is 71.3 Å². The molecule has 1 aliphatic rings. The molecule has 1 atom stereocenters. The number of hydrogen-bond donors (Lipinski definition) is 3. The molecule has 0 spiro atoms. The molecule has 0 saturated heterocycles. The second-order valence-corrected chi connectivity index (χ2v) is 2.94. The summed E-state index contributed by atoms with van der Waals surface area (Å²) in [7, 11) is 1.85. The highest BCUT2D eigenvalue weighted by Gasteiger charge is 2.26. The average Bonchev–Trinajstić information content (AvgIpc) is 2.01. The van der Waals surface area contributed by atoms with E-state index in [9.17, 15) is 0 Å².